The number of ether oxygens (including phenoxy) is 1. The zero-order valence-corrected chi connectivity index (χ0v) is 13.0. The highest BCUT2D eigenvalue weighted by Gasteiger charge is 2.23. The van der Waals surface area contributed by atoms with Gasteiger partial charge in [-0.2, -0.15) is 0 Å². The van der Waals surface area contributed by atoms with Crippen molar-refractivity contribution in [2.75, 3.05) is 0 Å². The molecule has 2 aromatic rings. The number of esters is 1. The summed E-state index contributed by atoms with van der Waals surface area (Å²) < 4.78 is 5.44. The van der Waals surface area contributed by atoms with Crippen molar-refractivity contribution in [3.8, 4) is 0 Å². The van der Waals surface area contributed by atoms with Gasteiger partial charge in [0.15, 0.2) is 0 Å². The molecule has 0 bridgehead atoms. The molecule has 0 fully saturated rings. The Hall–Kier alpha value is -2.00. The van der Waals surface area contributed by atoms with Crippen LogP contribution >= 0.6 is 11.8 Å². The van der Waals surface area contributed by atoms with Gasteiger partial charge in [0, 0.05) is 29.1 Å². The second-order valence-corrected chi connectivity index (χ2v) is 6.54. The molecule has 2 aromatic carbocycles. The molecule has 1 aliphatic rings. The molecule has 1 heterocycles. The van der Waals surface area contributed by atoms with Crippen molar-refractivity contribution in [3.63, 3.8) is 0 Å². The van der Waals surface area contributed by atoms with Crippen molar-refractivity contribution in [1.82, 2.24) is 0 Å². The molecule has 0 aromatic heterocycles. The summed E-state index contributed by atoms with van der Waals surface area (Å²) in [5, 5.41) is 0.271. The normalized spacial score (nSPS) is 18.7. The first-order valence-corrected chi connectivity index (χ1v) is 8.33. The Balaban J connectivity index is 1.77. The highest BCUT2D eigenvalue weighted by atomic mass is 32.2. The Kier molecular flexibility index (Phi) is 4.96. The van der Waals surface area contributed by atoms with Crippen molar-refractivity contribution < 1.29 is 9.53 Å². The van der Waals surface area contributed by atoms with E-state index in [4.69, 9.17) is 4.74 Å². The van der Waals surface area contributed by atoms with Gasteiger partial charge in [-0.25, -0.2) is 4.79 Å². The van der Waals surface area contributed by atoms with E-state index in [1.54, 1.807) is 0 Å². The minimum Gasteiger partial charge on any atom is -0.459 e. The molecular formula is C19H18O2S. The van der Waals surface area contributed by atoms with Crippen molar-refractivity contribution in [2.24, 2.45) is 0 Å². The van der Waals surface area contributed by atoms with Gasteiger partial charge in [-0.15, -0.1) is 11.8 Å². The third kappa shape index (κ3) is 4.01. The van der Waals surface area contributed by atoms with Crippen LogP contribution in [0, 0.1) is 0 Å². The largest absolute Gasteiger partial charge is 0.459 e. The Morgan fingerprint density at radius 1 is 1.05 bits per heavy atom. The molecule has 0 amide bonds. The number of hydrogen-bond acceptors (Lipinski definition) is 3. The second kappa shape index (κ2) is 7.32. The molecule has 0 N–H and O–H groups in total. The number of thioether (sulfide) groups is 1. The molecule has 1 aliphatic heterocycles. The monoisotopic (exact) mass is 310 g/mol. The predicted molar refractivity (Wildman–Crippen MR) is 89.7 cm³/mol. The maximum atomic E-state index is 11.4. The number of cyclic esters (lactones) is 1. The van der Waals surface area contributed by atoms with E-state index >= 15 is 0 Å². The number of rotatable bonds is 5. The van der Waals surface area contributed by atoms with Gasteiger partial charge in [-0.05, 0) is 17.7 Å². The number of carbonyl (C=O) groups is 1. The third-order valence-corrected chi connectivity index (χ3v) is 4.90. The Morgan fingerprint density at radius 2 is 1.73 bits per heavy atom. The zero-order valence-electron chi connectivity index (χ0n) is 12.2. The lowest BCUT2D eigenvalue weighted by atomic mass is 10.0. The van der Waals surface area contributed by atoms with Crippen LogP contribution in [0.4, 0.5) is 0 Å². The molecule has 3 rings (SSSR count). The van der Waals surface area contributed by atoms with Crippen LogP contribution < -0.4 is 0 Å². The van der Waals surface area contributed by atoms with Crippen LogP contribution in [-0.2, 0) is 9.53 Å². The van der Waals surface area contributed by atoms with E-state index in [0.717, 1.165) is 12.8 Å². The van der Waals surface area contributed by atoms with Gasteiger partial charge in [0.2, 0.25) is 0 Å². The third-order valence-electron chi connectivity index (χ3n) is 3.61. The maximum absolute atomic E-state index is 11.4. The minimum absolute atomic E-state index is 0.0427. The Morgan fingerprint density at radius 3 is 2.41 bits per heavy atom. The average Bonchev–Trinajstić information content (AvgIpc) is 2.56. The van der Waals surface area contributed by atoms with Gasteiger partial charge in [-0.3, -0.25) is 0 Å². The molecule has 112 valence electrons. The van der Waals surface area contributed by atoms with E-state index in [0.29, 0.717) is 0 Å². The van der Waals surface area contributed by atoms with Gasteiger partial charge in [0.1, 0.15) is 6.10 Å². The fourth-order valence-electron chi connectivity index (χ4n) is 2.53. The first-order chi connectivity index (χ1) is 10.8. The number of carbonyl (C=O) groups excluding carboxylic acids is 1. The lowest BCUT2D eigenvalue weighted by molar-refractivity contribution is -0.144. The van der Waals surface area contributed by atoms with Crippen molar-refractivity contribution in [3.05, 3.63) is 78.4 Å². The summed E-state index contributed by atoms with van der Waals surface area (Å²) in [4.78, 5) is 12.7. The summed E-state index contributed by atoms with van der Waals surface area (Å²) in [7, 11) is 0. The standard InChI is InChI=1S/C19H18O2S/c20-19-13-7-10-16(21-19)14-18(15-8-3-1-4-9-15)22-17-11-5-2-6-12-17/h1-9,11-13,16,18H,10,14H2/t16-,18?/m0/s1. The molecule has 0 saturated carbocycles. The van der Waals surface area contributed by atoms with Crippen molar-refractivity contribution in [1.29, 1.82) is 0 Å². The van der Waals surface area contributed by atoms with E-state index in [-0.39, 0.29) is 17.3 Å². The summed E-state index contributed by atoms with van der Waals surface area (Å²) in [6.07, 6.45) is 4.99. The molecule has 0 aliphatic carbocycles. The van der Waals surface area contributed by atoms with Gasteiger partial charge in [0.25, 0.3) is 0 Å². The van der Waals surface area contributed by atoms with Crippen molar-refractivity contribution in [2.45, 2.75) is 29.1 Å². The quantitative estimate of drug-likeness (QED) is 0.587. The predicted octanol–water partition coefficient (Wildman–Crippen LogP) is 4.78. The highest BCUT2D eigenvalue weighted by molar-refractivity contribution is 7.99. The van der Waals surface area contributed by atoms with Crippen LogP contribution in [-0.4, -0.2) is 12.1 Å². The lowest BCUT2D eigenvalue weighted by Gasteiger charge is -2.24. The fourth-order valence-corrected chi connectivity index (χ4v) is 3.78. The lowest BCUT2D eigenvalue weighted by Crippen LogP contribution is -2.21. The van der Waals surface area contributed by atoms with Crippen LogP contribution in [0.2, 0.25) is 0 Å². The topological polar surface area (TPSA) is 26.3 Å². The second-order valence-electron chi connectivity index (χ2n) is 5.26. The molecule has 0 radical (unpaired) electrons. The summed E-state index contributed by atoms with van der Waals surface area (Å²) >= 11 is 1.82. The van der Waals surface area contributed by atoms with E-state index in [1.165, 1.54) is 16.5 Å². The van der Waals surface area contributed by atoms with Crippen LogP contribution in [0.25, 0.3) is 0 Å². The van der Waals surface area contributed by atoms with Crippen LogP contribution in [0.3, 0.4) is 0 Å². The van der Waals surface area contributed by atoms with Crippen molar-refractivity contribution >= 4 is 17.7 Å². The number of hydrogen-bond donors (Lipinski definition) is 0. The SMILES string of the molecule is O=C1C=CC[C@@H](CC(Sc2ccccc2)c2ccccc2)O1. The molecule has 1 unspecified atom stereocenters. The van der Waals surface area contributed by atoms with Crippen LogP contribution in [0.1, 0.15) is 23.7 Å². The molecule has 0 saturated heterocycles. The fraction of sp³-hybridized carbons (Fsp3) is 0.211. The first kappa shape index (κ1) is 14.9. The first-order valence-electron chi connectivity index (χ1n) is 7.45. The Bertz CT molecular complexity index is 637. The molecule has 2 nitrogen and oxygen atoms in total. The van der Waals surface area contributed by atoms with Gasteiger partial charge in [0.05, 0.1) is 0 Å². The minimum atomic E-state index is -0.229. The molecule has 0 spiro atoms. The van der Waals surface area contributed by atoms with E-state index in [1.807, 2.05) is 42.1 Å². The average molecular weight is 310 g/mol. The molecule has 3 heteroatoms. The van der Waals surface area contributed by atoms with Crippen LogP contribution in [0.15, 0.2) is 77.7 Å². The summed E-state index contributed by atoms with van der Waals surface area (Å²) in [5.41, 5.74) is 1.27. The van der Waals surface area contributed by atoms with E-state index in [9.17, 15) is 4.79 Å². The smallest absolute Gasteiger partial charge is 0.330 e. The Labute approximate surface area is 135 Å². The van der Waals surface area contributed by atoms with E-state index < -0.39 is 0 Å². The molecule has 2 atom stereocenters. The molecular weight excluding hydrogens is 292 g/mol. The van der Waals surface area contributed by atoms with Gasteiger partial charge < -0.3 is 4.74 Å². The maximum Gasteiger partial charge on any atom is 0.330 e. The molecule has 22 heavy (non-hydrogen) atoms. The van der Waals surface area contributed by atoms with Gasteiger partial charge >= 0.3 is 5.97 Å². The highest BCUT2D eigenvalue weighted by Crippen LogP contribution is 2.39. The van der Waals surface area contributed by atoms with Crippen LogP contribution in [0.5, 0.6) is 0 Å². The summed E-state index contributed by atoms with van der Waals surface area (Å²) in [6, 6.07) is 20.8. The van der Waals surface area contributed by atoms with E-state index in [2.05, 4.69) is 36.4 Å². The zero-order chi connectivity index (χ0) is 15.2. The number of benzene rings is 2. The summed E-state index contributed by atoms with van der Waals surface area (Å²) in [6.45, 7) is 0. The van der Waals surface area contributed by atoms with Gasteiger partial charge in [-0.1, -0.05) is 54.6 Å². The summed E-state index contributed by atoms with van der Waals surface area (Å²) in [5.74, 6) is -0.229.